The van der Waals surface area contributed by atoms with Gasteiger partial charge in [-0.3, -0.25) is 5.10 Å². The Kier molecular flexibility index (Phi) is 5.73. The molecule has 2 fully saturated rings. The first-order chi connectivity index (χ1) is 11.7. The van der Waals surface area contributed by atoms with Gasteiger partial charge in [0.2, 0.25) is 0 Å². The number of hydrogen-bond donors (Lipinski definition) is 2. The van der Waals surface area contributed by atoms with Gasteiger partial charge in [0.05, 0.1) is 18.3 Å². The minimum atomic E-state index is -0.0120. The van der Waals surface area contributed by atoms with Gasteiger partial charge in [0.1, 0.15) is 0 Å². The van der Waals surface area contributed by atoms with Crippen LogP contribution in [0.2, 0.25) is 0 Å². The first kappa shape index (κ1) is 17.2. The highest BCUT2D eigenvalue weighted by Crippen LogP contribution is 2.32. The number of carbonyl (C=O) groups is 1. The molecule has 24 heavy (non-hydrogen) atoms. The molecule has 2 aliphatic rings. The molecule has 0 radical (unpaired) electrons. The van der Waals surface area contributed by atoms with Gasteiger partial charge in [-0.25, -0.2) is 4.79 Å². The average molecular weight is 336 g/mol. The first-order valence-corrected chi connectivity index (χ1v) is 8.84. The third kappa shape index (κ3) is 3.89. The summed E-state index contributed by atoms with van der Waals surface area (Å²) >= 11 is 0. The maximum Gasteiger partial charge on any atom is 0.317 e. The molecule has 1 unspecified atom stereocenters. The Hall–Kier alpha value is -1.60. The second-order valence-corrected chi connectivity index (χ2v) is 6.92. The van der Waals surface area contributed by atoms with Gasteiger partial charge in [-0.15, -0.1) is 0 Å². The third-order valence-electron chi connectivity index (χ3n) is 5.26. The summed E-state index contributed by atoms with van der Waals surface area (Å²) in [4.78, 5) is 14.7. The molecular weight excluding hydrogens is 308 g/mol. The van der Waals surface area contributed by atoms with Crippen molar-refractivity contribution in [3.05, 3.63) is 18.0 Å². The summed E-state index contributed by atoms with van der Waals surface area (Å²) in [6, 6.07) is 2.06. The molecule has 3 heterocycles. The molecular formula is C17H28N4O3. The normalized spacial score (nSPS) is 23.9. The average Bonchev–Trinajstić information content (AvgIpc) is 3.15. The van der Waals surface area contributed by atoms with Gasteiger partial charge in [-0.2, -0.15) is 5.10 Å². The van der Waals surface area contributed by atoms with E-state index in [2.05, 4.69) is 15.5 Å². The number of carbonyl (C=O) groups excluding carboxylic acids is 1. The molecule has 134 valence electrons. The van der Waals surface area contributed by atoms with Crippen LogP contribution in [0.15, 0.2) is 12.3 Å². The Labute approximate surface area is 143 Å². The molecule has 1 atom stereocenters. The Balaban J connectivity index is 1.62. The summed E-state index contributed by atoms with van der Waals surface area (Å²) in [5, 5.41) is 10.2. The molecule has 7 nitrogen and oxygen atoms in total. The quantitative estimate of drug-likeness (QED) is 0.863. The van der Waals surface area contributed by atoms with E-state index in [1.165, 1.54) is 0 Å². The topological polar surface area (TPSA) is 79.5 Å². The number of H-pyrrole nitrogens is 1. The number of nitrogens with zero attached hydrogens (tertiary/aromatic N) is 2. The van der Waals surface area contributed by atoms with Gasteiger partial charge in [-0.1, -0.05) is 0 Å². The van der Waals surface area contributed by atoms with Crippen molar-refractivity contribution in [2.45, 2.75) is 38.1 Å². The van der Waals surface area contributed by atoms with Gasteiger partial charge < -0.3 is 19.7 Å². The molecule has 2 saturated heterocycles. The molecule has 0 saturated carbocycles. The van der Waals surface area contributed by atoms with E-state index >= 15 is 0 Å². The zero-order chi connectivity index (χ0) is 16.8. The van der Waals surface area contributed by atoms with Crippen molar-refractivity contribution in [2.75, 3.05) is 40.0 Å². The fourth-order valence-electron chi connectivity index (χ4n) is 3.80. The number of ether oxygens (including phenoxy) is 2. The van der Waals surface area contributed by atoms with Crippen LogP contribution in [0.3, 0.4) is 0 Å². The fraction of sp³-hybridized carbons (Fsp3) is 0.765. The lowest BCUT2D eigenvalue weighted by Crippen LogP contribution is -2.50. The van der Waals surface area contributed by atoms with Crippen molar-refractivity contribution in [1.82, 2.24) is 20.4 Å². The molecule has 1 aromatic heterocycles. The zero-order valence-electron chi connectivity index (χ0n) is 14.4. The number of likely N-dealkylation sites (tertiary alicyclic amines) is 1. The van der Waals surface area contributed by atoms with Crippen LogP contribution in [0.25, 0.3) is 0 Å². The second kappa shape index (κ2) is 7.98. The molecule has 3 rings (SSSR count). The number of rotatable bonds is 5. The van der Waals surface area contributed by atoms with E-state index in [1.54, 1.807) is 13.3 Å². The lowest BCUT2D eigenvalue weighted by molar-refractivity contribution is -0.0262. The monoisotopic (exact) mass is 336 g/mol. The van der Waals surface area contributed by atoms with Crippen LogP contribution < -0.4 is 5.32 Å². The lowest BCUT2D eigenvalue weighted by Gasteiger charge is -2.39. The Bertz CT molecular complexity index is 508. The van der Waals surface area contributed by atoms with E-state index in [4.69, 9.17) is 9.47 Å². The van der Waals surface area contributed by atoms with Crippen LogP contribution >= 0.6 is 0 Å². The number of nitrogens with one attached hydrogen (secondary N) is 2. The molecule has 0 aromatic carbocycles. The highest BCUT2D eigenvalue weighted by Gasteiger charge is 2.35. The van der Waals surface area contributed by atoms with Gasteiger partial charge in [0, 0.05) is 45.0 Å². The van der Waals surface area contributed by atoms with E-state index in [1.807, 2.05) is 11.0 Å². The number of aromatic amines is 1. The van der Waals surface area contributed by atoms with Crippen molar-refractivity contribution < 1.29 is 14.3 Å². The molecule has 7 heteroatoms. The zero-order valence-corrected chi connectivity index (χ0v) is 14.4. The van der Waals surface area contributed by atoms with Gasteiger partial charge in [0.15, 0.2) is 0 Å². The van der Waals surface area contributed by atoms with Crippen molar-refractivity contribution in [1.29, 1.82) is 0 Å². The number of aromatic nitrogens is 2. The molecule has 0 aliphatic carbocycles. The van der Waals surface area contributed by atoms with Crippen LogP contribution in [-0.2, 0) is 9.47 Å². The van der Waals surface area contributed by atoms with E-state index in [-0.39, 0.29) is 17.5 Å². The molecule has 0 spiro atoms. The van der Waals surface area contributed by atoms with Crippen LogP contribution in [0, 0.1) is 5.41 Å². The van der Waals surface area contributed by atoms with Crippen molar-refractivity contribution >= 4 is 6.03 Å². The standard InChI is InChI=1S/C17H28N4O3/c1-23-13-17(6-10-24-11-7-17)12-18-16(22)21-9-3-2-4-15(21)14-5-8-19-20-14/h5,8,15H,2-4,6-7,9-13H2,1H3,(H,18,22)(H,19,20). The fourth-order valence-corrected chi connectivity index (χ4v) is 3.80. The minimum absolute atomic E-state index is 0.0104. The van der Waals surface area contributed by atoms with Crippen LogP contribution in [0.4, 0.5) is 4.79 Å². The summed E-state index contributed by atoms with van der Waals surface area (Å²) in [5.41, 5.74) is 1.00. The number of amides is 2. The summed E-state index contributed by atoms with van der Waals surface area (Å²) in [6.07, 6.45) is 6.76. The van der Waals surface area contributed by atoms with Gasteiger partial charge >= 0.3 is 6.03 Å². The van der Waals surface area contributed by atoms with E-state index in [0.717, 1.165) is 57.6 Å². The molecule has 2 aliphatic heterocycles. The van der Waals surface area contributed by atoms with Gasteiger partial charge in [-0.05, 0) is 38.2 Å². The number of methoxy groups -OCH3 is 1. The number of urea groups is 1. The van der Waals surface area contributed by atoms with Crippen molar-refractivity contribution in [2.24, 2.45) is 5.41 Å². The number of piperidine rings is 1. The predicted molar refractivity (Wildman–Crippen MR) is 89.6 cm³/mol. The summed E-state index contributed by atoms with van der Waals surface area (Å²) in [6.45, 7) is 3.55. The largest absolute Gasteiger partial charge is 0.384 e. The van der Waals surface area contributed by atoms with E-state index < -0.39 is 0 Å². The summed E-state index contributed by atoms with van der Waals surface area (Å²) in [5.74, 6) is 0. The molecule has 2 N–H and O–H groups in total. The third-order valence-corrected chi connectivity index (χ3v) is 5.26. The molecule has 0 bridgehead atoms. The van der Waals surface area contributed by atoms with E-state index in [0.29, 0.717) is 13.2 Å². The molecule has 1 aromatic rings. The SMILES string of the molecule is COCC1(CNC(=O)N2CCCCC2c2ccn[nH]2)CCOCC1. The lowest BCUT2D eigenvalue weighted by atomic mass is 9.81. The highest BCUT2D eigenvalue weighted by molar-refractivity contribution is 5.74. The minimum Gasteiger partial charge on any atom is -0.384 e. The first-order valence-electron chi connectivity index (χ1n) is 8.84. The smallest absolute Gasteiger partial charge is 0.317 e. The molecule has 2 amide bonds. The Morgan fingerprint density at radius 2 is 2.33 bits per heavy atom. The second-order valence-electron chi connectivity index (χ2n) is 6.92. The van der Waals surface area contributed by atoms with Crippen LogP contribution in [-0.4, -0.2) is 61.1 Å². The van der Waals surface area contributed by atoms with Crippen LogP contribution in [0.5, 0.6) is 0 Å². The summed E-state index contributed by atoms with van der Waals surface area (Å²) in [7, 11) is 1.72. The van der Waals surface area contributed by atoms with Crippen molar-refractivity contribution in [3.8, 4) is 0 Å². The van der Waals surface area contributed by atoms with Crippen molar-refractivity contribution in [3.63, 3.8) is 0 Å². The van der Waals surface area contributed by atoms with Crippen LogP contribution in [0.1, 0.15) is 43.8 Å². The predicted octanol–water partition coefficient (Wildman–Crippen LogP) is 2.09. The number of hydrogen-bond acceptors (Lipinski definition) is 4. The highest BCUT2D eigenvalue weighted by atomic mass is 16.5. The summed E-state index contributed by atoms with van der Waals surface area (Å²) < 4.78 is 10.9. The maximum atomic E-state index is 12.8. The Morgan fingerprint density at radius 1 is 1.50 bits per heavy atom. The van der Waals surface area contributed by atoms with E-state index in [9.17, 15) is 4.79 Å². The maximum absolute atomic E-state index is 12.8. The van der Waals surface area contributed by atoms with Gasteiger partial charge in [0.25, 0.3) is 0 Å². The Morgan fingerprint density at radius 3 is 3.04 bits per heavy atom.